The highest BCUT2D eigenvalue weighted by molar-refractivity contribution is 6.32. The Morgan fingerprint density at radius 2 is 1.91 bits per heavy atom. The average molecular weight is 335 g/mol. The Morgan fingerprint density at radius 3 is 2.57 bits per heavy atom. The first-order chi connectivity index (χ1) is 11.1. The summed E-state index contributed by atoms with van der Waals surface area (Å²) < 4.78 is 0. The third-order valence-corrected chi connectivity index (χ3v) is 5.14. The van der Waals surface area contributed by atoms with Gasteiger partial charge in [-0.05, 0) is 37.0 Å². The zero-order valence-electron chi connectivity index (χ0n) is 13.2. The van der Waals surface area contributed by atoms with Crippen LogP contribution in [0.2, 0.25) is 5.02 Å². The van der Waals surface area contributed by atoms with E-state index in [0.29, 0.717) is 11.1 Å². The van der Waals surface area contributed by atoms with E-state index < -0.39 is 0 Å². The molecule has 1 amide bonds. The van der Waals surface area contributed by atoms with Crippen molar-refractivity contribution in [3.05, 3.63) is 40.9 Å². The van der Waals surface area contributed by atoms with E-state index in [2.05, 4.69) is 4.90 Å². The first-order valence-electron chi connectivity index (χ1n) is 8.27. The summed E-state index contributed by atoms with van der Waals surface area (Å²) in [6.45, 7) is 3.32. The molecule has 1 aromatic carbocycles. The van der Waals surface area contributed by atoms with Crippen LogP contribution in [-0.4, -0.2) is 59.1 Å². The van der Waals surface area contributed by atoms with Gasteiger partial charge in [0, 0.05) is 43.3 Å². The van der Waals surface area contributed by atoms with Gasteiger partial charge in [0.05, 0.1) is 6.10 Å². The Morgan fingerprint density at radius 1 is 1.17 bits per heavy atom. The zero-order chi connectivity index (χ0) is 16.2. The topological polar surface area (TPSA) is 43.8 Å². The minimum Gasteiger partial charge on any atom is -0.392 e. The van der Waals surface area contributed by atoms with Crippen molar-refractivity contribution in [2.24, 2.45) is 0 Å². The van der Waals surface area contributed by atoms with Crippen LogP contribution in [-0.2, 0) is 4.79 Å². The summed E-state index contributed by atoms with van der Waals surface area (Å²) in [5.74, 6) is 0.0461. The van der Waals surface area contributed by atoms with Crippen molar-refractivity contribution in [3.8, 4) is 0 Å². The van der Waals surface area contributed by atoms with E-state index >= 15 is 0 Å². The van der Waals surface area contributed by atoms with Crippen LogP contribution in [0.3, 0.4) is 0 Å². The highest BCUT2D eigenvalue weighted by atomic mass is 35.5. The maximum absolute atomic E-state index is 12.3. The maximum Gasteiger partial charge on any atom is 0.246 e. The molecular weight excluding hydrogens is 312 g/mol. The summed E-state index contributed by atoms with van der Waals surface area (Å²) in [4.78, 5) is 16.6. The second-order valence-electron chi connectivity index (χ2n) is 6.35. The smallest absolute Gasteiger partial charge is 0.246 e. The third-order valence-electron chi connectivity index (χ3n) is 4.80. The molecule has 5 heteroatoms. The van der Waals surface area contributed by atoms with Gasteiger partial charge in [0.1, 0.15) is 0 Å². The molecule has 1 atom stereocenters. The van der Waals surface area contributed by atoms with Gasteiger partial charge in [-0.2, -0.15) is 0 Å². The van der Waals surface area contributed by atoms with Crippen molar-refractivity contribution in [2.45, 2.75) is 31.4 Å². The van der Waals surface area contributed by atoms with Gasteiger partial charge in [0.25, 0.3) is 0 Å². The zero-order valence-corrected chi connectivity index (χ0v) is 14.0. The minimum atomic E-state index is -0.173. The van der Waals surface area contributed by atoms with Crippen LogP contribution in [0.25, 0.3) is 6.08 Å². The molecule has 2 heterocycles. The molecule has 0 spiro atoms. The number of aliphatic hydroxyl groups excluding tert-OH is 1. The fraction of sp³-hybridized carbons (Fsp3) is 0.500. The first kappa shape index (κ1) is 16.5. The van der Waals surface area contributed by atoms with Gasteiger partial charge >= 0.3 is 0 Å². The van der Waals surface area contributed by atoms with Gasteiger partial charge in [0.15, 0.2) is 0 Å². The number of hydrogen-bond donors (Lipinski definition) is 1. The quantitative estimate of drug-likeness (QED) is 0.863. The highest BCUT2D eigenvalue weighted by Crippen LogP contribution is 2.22. The van der Waals surface area contributed by atoms with Crippen molar-refractivity contribution in [3.63, 3.8) is 0 Å². The number of carbonyl (C=O) groups excluding carboxylic acids is 1. The lowest BCUT2D eigenvalue weighted by Crippen LogP contribution is -2.45. The number of likely N-dealkylation sites (tertiary alicyclic amines) is 2. The molecular formula is C18H23ClN2O2. The summed E-state index contributed by atoms with van der Waals surface area (Å²) >= 11 is 6.09. The summed E-state index contributed by atoms with van der Waals surface area (Å²) in [5, 5.41) is 10.3. The number of aliphatic hydroxyl groups is 1. The number of hydrogen-bond acceptors (Lipinski definition) is 3. The number of carbonyl (C=O) groups is 1. The van der Waals surface area contributed by atoms with Crippen LogP contribution in [0.5, 0.6) is 0 Å². The van der Waals surface area contributed by atoms with Crippen LogP contribution in [0.1, 0.15) is 24.8 Å². The van der Waals surface area contributed by atoms with Gasteiger partial charge < -0.3 is 10.0 Å². The predicted molar refractivity (Wildman–Crippen MR) is 92.3 cm³/mol. The fourth-order valence-corrected chi connectivity index (χ4v) is 3.63. The maximum atomic E-state index is 12.3. The fourth-order valence-electron chi connectivity index (χ4n) is 3.43. The van der Waals surface area contributed by atoms with Crippen molar-refractivity contribution in [1.82, 2.24) is 9.80 Å². The number of benzene rings is 1. The van der Waals surface area contributed by atoms with E-state index in [4.69, 9.17) is 11.6 Å². The normalized spacial score (nSPS) is 23.7. The molecule has 2 fully saturated rings. The SMILES string of the molecule is O=C(/C=C/c1ccccc1Cl)N1CCC(N2CC[C@@H](O)C2)CC1. The number of piperidine rings is 1. The third kappa shape index (κ3) is 4.14. The van der Waals surface area contributed by atoms with Crippen LogP contribution >= 0.6 is 11.6 Å². The van der Waals surface area contributed by atoms with E-state index in [1.807, 2.05) is 29.2 Å². The van der Waals surface area contributed by atoms with Gasteiger partial charge in [-0.15, -0.1) is 0 Å². The molecule has 0 radical (unpaired) electrons. The summed E-state index contributed by atoms with van der Waals surface area (Å²) in [7, 11) is 0. The van der Waals surface area contributed by atoms with E-state index in [1.165, 1.54) is 0 Å². The molecule has 124 valence electrons. The molecule has 23 heavy (non-hydrogen) atoms. The number of β-amino-alcohol motifs (C(OH)–C–C–N with tert-alkyl or cyclic N) is 1. The van der Waals surface area contributed by atoms with E-state index in [1.54, 1.807) is 12.2 Å². The Balaban J connectivity index is 1.51. The number of nitrogens with zero attached hydrogens (tertiary/aromatic N) is 2. The van der Waals surface area contributed by atoms with Gasteiger partial charge in [-0.1, -0.05) is 29.8 Å². The van der Waals surface area contributed by atoms with Crippen LogP contribution < -0.4 is 0 Å². The molecule has 1 N–H and O–H groups in total. The average Bonchev–Trinajstić information content (AvgIpc) is 3.00. The van der Waals surface area contributed by atoms with Gasteiger partial charge in [-0.3, -0.25) is 9.69 Å². The molecule has 0 saturated carbocycles. The van der Waals surface area contributed by atoms with Crippen LogP contribution in [0.15, 0.2) is 30.3 Å². The molecule has 0 aliphatic carbocycles. The van der Waals surface area contributed by atoms with Crippen molar-refractivity contribution in [2.75, 3.05) is 26.2 Å². The Kier molecular flexibility index (Phi) is 5.36. The Bertz CT molecular complexity index is 582. The lowest BCUT2D eigenvalue weighted by Gasteiger charge is -2.36. The first-order valence-corrected chi connectivity index (χ1v) is 8.65. The molecule has 2 aliphatic rings. The van der Waals surface area contributed by atoms with Crippen molar-refractivity contribution < 1.29 is 9.90 Å². The Hall–Kier alpha value is -1.36. The van der Waals surface area contributed by atoms with E-state index in [0.717, 1.165) is 51.0 Å². The predicted octanol–water partition coefficient (Wildman–Crippen LogP) is 2.41. The molecule has 0 unspecified atom stereocenters. The second-order valence-corrected chi connectivity index (χ2v) is 6.76. The summed E-state index contributed by atoms with van der Waals surface area (Å²) in [5.41, 5.74) is 0.864. The molecule has 0 bridgehead atoms. The Labute approximate surface area is 142 Å². The molecule has 3 rings (SSSR count). The highest BCUT2D eigenvalue weighted by Gasteiger charge is 2.30. The number of amides is 1. The molecule has 4 nitrogen and oxygen atoms in total. The monoisotopic (exact) mass is 334 g/mol. The number of halogens is 1. The van der Waals surface area contributed by atoms with Gasteiger partial charge in [-0.25, -0.2) is 0 Å². The largest absolute Gasteiger partial charge is 0.392 e. The molecule has 2 aliphatic heterocycles. The standard InChI is InChI=1S/C18H23ClN2O2/c19-17-4-2-1-3-14(17)5-6-18(23)20-10-7-15(8-11-20)21-12-9-16(22)13-21/h1-6,15-16,22H,7-13H2/b6-5+/t16-/m1/s1. The molecule has 0 aromatic heterocycles. The van der Waals surface area contributed by atoms with E-state index in [-0.39, 0.29) is 12.0 Å². The number of rotatable bonds is 3. The lowest BCUT2D eigenvalue weighted by molar-refractivity contribution is -0.127. The molecule has 2 saturated heterocycles. The van der Waals surface area contributed by atoms with Crippen molar-refractivity contribution in [1.29, 1.82) is 0 Å². The van der Waals surface area contributed by atoms with Crippen LogP contribution in [0.4, 0.5) is 0 Å². The van der Waals surface area contributed by atoms with Gasteiger partial charge in [0.2, 0.25) is 5.91 Å². The second kappa shape index (κ2) is 7.47. The summed E-state index contributed by atoms with van der Waals surface area (Å²) in [6.07, 6.45) is 6.07. The lowest BCUT2D eigenvalue weighted by atomic mass is 10.0. The molecule has 1 aromatic rings. The minimum absolute atomic E-state index is 0.0461. The van der Waals surface area contributed by atoms with Crippen LogP contribution in [0, 0.1) is 0 Å². The summed E-state index contributed by atoms with van der Waals surface area (Å²) in [6, 6.07) is 8.01. The van der Waals surface area contributed by atoms with Crippen molar-refractivity contribution >= 4 is 23.6 Å². The van der Waals surface area contributed by atoms with E-state index in [9.17, 15) is 9.90 Å².